The summed E-state index contributed by atoms with van der Waals surface area (Å²) in [5.41, 5.74) is 1.16. The summed E-state index contributed by atoms with van der Waals surface area (Å²) in [6, 6.07) is 0. The van der Waals surface area contributed by atoms with Crippen LogP contribution in [0.4, 0.5) is 0 Å². The number of halogens is 1. The molecule has 4 nitrogen and oxygen atoms in total. The van der Waals surface area contributed by atoms with Crippen LogP contribution in [0.25, 0.3) is 5.65 Å². The number of ketones is 1. The first-order valence-corrected chi connectivity index (χ1v) is 4.47. The van der Waals surface area contributed by atoms with Crippen LogP contribution in [0.15, 0.2) is 23.2 Å². The molecule has 0 spiro atoms. The van der Waals surface area contributed by atoms with Gasteiger partial charge in [0.25, 0.3) is 0 Å². The minimum absolute atomic E-state index is 0.0457. The summed E-state index contributed by atoms with van der Waals surface area (Å²) in [6.07, 6.45) is 4.92. The van der Waals surface area contributed by atoms with Crippen LogP contribution in [0.5, 0.6) is 0 Å². The third kappa shape index (κ3) is 1.35. The molecule has 0 unspecified atom stereocenters. The Morgan fingerprint density at radius 2 is 2.38 bits per heavy atom. The van der Waals surface area contributed by atoms with E-state index < -0.39 is 0 Å². The van der Waals surface area contributed by atoms with Gasteiger partial charge in [0.15, 0.2) is 11.4 Å². The molecule has 0 radical (unpaired) electrons. The highest BCUT2D eigenvalue weighted by Crippen LogP contribution is 2.15. The molecular weight excluding hydrogens is 234 g/mol. The van der Waals surface area contributed by atoms with Crippen molar-refractivity contribution >= 4 is 27.4 Å². The lowest BCUT2D eigenvalue weighted by Crippen LogP contribution is -1.90. The molecule has 0 atom stereocenters. The van der Waals surface area contributed by atoms with E-state index >= 15 is 0 Å². The Labute approximate surface area is 82.7 Å². The first-order chi connectivity index (χ1) is 6.18. The van der Waals surface area contributed by atoms with Gasteiger partial charge in [0.05, 0.1) is 4.47 Å². The quantitative estimate of drug-likeness (QED) is 0.712. The molecule has 2 aromatic rings. The topological polar surface area (TPSA) is 47.3 Å². The molecule has 0 bridgehead atoms. The highest BCUT2D eigenvalue weighted by atomic mass is 79.9. The predicted molar refractivity (Wildman–Crippen MR) is 50.7 cm³/mol. The van der Waals surface area contributed by atoms with Crippen LogP contribution in [-0.4, -0.2) is 20.2 Å². The van der Waals surface area contributed by atoms with Crippen molar-refractivity contribution in [2.45, 2.75) is 6.92 Å². The second-order valence-electron chi connectivity index (χ2n) is 2.65. The van der Waals surface area contributed by atoms with E-state index in [4.69, 9.17) is 0 Å². The van der Waals surface area contributed by atoms with Gasteiger partial charge in [-0.2, -0.15) is 0 Å². The summed E-state index contributed by atoms with van der Waals surface area (Å²) in [5, 5.41) is 0. The second-order valence-corrected chi connectivity index (χ2v) is 3.51. The first kappa shape index (κ1) is 8.37. The third-order valence-electron chi connectivity index (χ3n) is 1.69. The Bertz CT molecular complexity index is 477. The van der Waals surface area contributed by atoms with E-state index in [2.05, 4.69) is 25.9 Å². The van der Waals surface area contributed by atoms with Crippen LogP contribution in [0.3, 0.4) is 0 Å². The lowest BCUT2D eigenvalue weighted by Gasteiger charge is -1.91. The van der Waals surface area contributed by atoms with Crippen molar-refractivity contribution in [3.63, 3.8) is 0 Å². The van der Waals surface area contributed by atoms with Crippen molar-refractivity contribution in [1.29, 1.82) is 0 Å². The summed E-state index contributed by atoms with van der Waals surface area (Å²) in [4.78, 5) is 19.1. The monoisotopic (exact) mass is 239 g/mol. The van der Waals surface area contributed by atoms with Gasteiger partial charge in [-0.3, -0.25) is 9.20 Å². The lowest BCUT2D eigenvalue weighted by molar-refractivity contribution is 0.101. The van der Waals surface area contributed by atoms with Gasteiger partial charge >= 0.3 is 0 Å². The van der Waals surface area contributed by atoms with Gasteiger partial charge in [0.1, 0.15) is 12.0 Å². The van der Waals surface area contributed by atoms with Crippen LogP contribution in [0.1, 0.15) is 17.4 Å². The van der Waals surface area contributed by atoms with Crippen LogP contribution >= 0.6 is 15.9 Å². The zero-order valence-electron chi connectivity index (χ0n) is 6.86. The van der Waals surface area contributed by atoms with E-state index in [-0.39, 0.29) is 5.78 Å². The van der Waals surface area contributed by atoms with Crippen molar-refractivity contribution in [2.24, 2.45) is 0 Å². The number of carbonyl (C=O) groups excluding carboxylic acids is 1. The van der Waals surface area contributed by atoms with Crippen LogP contribution in [0, 0.1) is 0 Å². The fourth-order valence-electron chi connectivity index (χ4n) is 1.06. The van der Waals surface area contributed by atoms with Gasteiger partial charge in [-0.25, -0.2) is 9.97 Å². The molecule has 2 rings (SSSR count). The van der Waals surface area contributed by atoms with Crippen molar-refractivity contribution in [3.05, 3.63) is 28.9 Å². The molecule has 0 saturated heterocycles. The zero-order valence-corrected chi connectivity index (χ0v) is 8.45. The van der Waals surface area contributed by atoms with Gasteiger partial charge in [-0.15, -0.1) is 0 Å². The van der Waals surface area contributed by atoms with Crippen LogP contribution < -0.4 is 0 Å². The van der Waals surface area contributed by atoms with Gasteiger partial charge < -0.3 is 0 Å². The van der Waals surface area contributed by atoms with E-state index in [9.17, 15) is 4.79 Å². The highest BCUT2D eigenvalue weighted by molar-refractivity contribution is 9.10. The second kappa shape index (κ2) is 2.92. The maximum Gasteiger partial charge on any atom is 0.179 e. The Morgan fingerprint density at radius 3 is 3.00 bits per heavy atom. The van der Waals surface area contributed by atoms with Gasteiger partial charge in [-0.1, -0.05) is 0 Å². The van der Waals surface area contributed by atoms with E-state index in [1.165, 1.54) is 6.92 Å². The van der Waals surface area contributed by atoms with E-state index in [0.717, 1.165) is 4.47 Å². The molecular formula is C8H6BrN3O. The maximum absolute atomic E-state index is 11.0. The fraction of sp³-hybridized carbons (Fsp3) is 0.125. The number of hydrogen-bond donors (Lipinski definition) is 0. The number of rotatable bonds is 1. The number of hydrogen-bond acceptors (Lipinski definition) is 3. The molecule has 13 heavy (non-hydrogen) atoms. The molecule has 2 heterocycles. The number of Topliss-reactive ketones (excluding diaryl/α,β-unsaturated/α-hetero) is 1. The van der Waals surface area contributed by atoms with E-state index in [1.807, 2.05) is 0 Å². The normalized spacial score (nSPS) is 10.6. The smallest absolute Gasteiger partial charge is 0.179 e. The maximum atomic E-state index is 11.0. The Morgan fingerprint density at radius 1 is 1.62 bits per heavy atom. The summed E-state index contributed by atoms with van der Waals surface area (Å²) in [5.74, 6) is -0.0457. The molecule has 66 valence electrons. The standard InChI is InChI=1S/C8H6BrN3O/c1-5(13)7-3-12-4-10-2-6(9)8(12)11-7/h2-4H,1H3. The molecule has 0 fully saturated rings. The average Bonchev–Trinajstić information content (AvgIpc) is 2.49. The first-order valence-electron chi connectivity index (χ1n) is 3.67. The van der Waals surface area contributed by atoms with Gasteiger partial charge in [0.2, 0.25) is 0 Å². The molecule has 2 aromatic heterocycles. The Balaban J connectivity index is 2.75. The Kier molecular flexibility index (Phi) is 1.88. The molecule has 0 aliphatic heterocycles. The highest BCUT2D eigenvalue weighted by Gasteiger charge is 2.07. The molecule has 0 amide bonds. The molecule has 0 aliphatic rings. The van der Waals surface area contributed by atoms with Crippen molar-refractivity contribution in [2.75, 3.05) is 0 Å². The third-order valence-corrected chi connectivity index (χ3v) is 2.24. The van der Waals surface area contributed by atoms with Crippen LogP contribution in [0.2, 0.25) is 0 Å². The number of imidazole rings is 1. The number of aromatic nitrogens is 3. The zero-order chi connectivity index (χ0) is 9.42. The fourth-order valence-corrected chi connectivity index (χ4v) is 1.47. The lowest BCUT2D eigenvalue weighted by atomic mass is 10.3. The van der Waals surface area contributed by atoms with Gasteiger partial charge in [0, 0.05) is 19.3 Å². The predicted octanol–water partition coefficient (Wildman–Crippen LogP) is 1.69. The Hall–Kier alpha value is -1.23. The summed E-state index contributed by atoms with van der Waals surface area (Å²) in [7, 11) is 0. The molecule has 0 N–H and O–H groups in total. The van der Waals surface area contributed by atoms with Crippen molar-refractivity contribution in [1.82, 2.24) is 14.4 Å². The average molecular weight is 240 g/mol. The van der Waals surface area contributed by atoms with Crippen molar-refractivity contribution < 1.29 is 4.79 Å². The van der Waals surface area contributed by atoms with Crippen LogP contribution in [-0.2, 0) is 0 Å². The summed E-state index contributed by atoms with van der Waals surface area (Å²) < 4.78 is 2.49. The minimum atomic E-state index is -0.0457. The summed E-state index contributed by atoms with van der Waals surface area (Å²) >= 11 is 3.30. The minimum Gasteiger partial charge on any atom is -0.293 e. The molecule has 0 aliphatic carbocycles. The largest absolute Gasteiger partial charge is 0.293 e. The number of nitrogens with zero attached hydrogens (tertiary/aromatic N) is 3. The van der Waals surface area contributed by atoms with Crippen molar-refractivity contribution in [3.8, 4) is 0 Å². The summed E-state index contributed by atoms with van der Waals surface area (Å²) in [6.45, 7) is 1.49. The molecule has 0 saturated carbocycles. The van der Waals surface area contributed by atoms with E-state index in [1.54, 1.807) is 23.1 Å². The van der Waals surface area contributed by atoms with Gasteiger partial charge in [-0.05, 0) is 15.9 Å². The molecule has 0 aromatic carbocycles. The SMILES string of the molecule is CC(=O)c1cn2cncc(Br)c2n1. The number of carbonyl (C=O) groups is 1. The van der Waals surface area contributed by atoms with E-state index in [0.29, 0.717) is 11.3 Å². The number of fused-ring (bicyclic) bond motifs is 1. The molecule has 5 heteroatoms.